The van der Waals surface area contributed by atoms with Crippen molar-refractivity contribution in [3.8, 4) is 11.9 Å². The molecule has 142 valence electrons. The van der Waals surface area contributed by atoms with Gasteiger partial charge in [0.1, 0.15) is 23.3 Å². The van der Waals surface area contributed by atoms with Crippen molar-refractivity contribution in [2.24, 2.45) is 0 Å². The van der Waals surface area contributed by atoms with Gasteiger partial charge in [-0.3, -0.25) is 4.79 Å². The molecule has 2 heterocycles. The molecule has 0 fully saturated rings. The van der Waals surface area contributed by atoms with E-state index in [9.17, 15) is 14.4 Å². The molecule has 0 atom stereocenters. The second-order valence-electron chi connectivity index (χ2n) is 6.87. The summed E-state index contributed by atoms with van der Waals surface area (Å²) in [6.07, 6.45) is 3.26. The van der Waals surface area contributed by atoms with Crippen molar-refractivity contribution in [2.45, 2.75) is 33.7 Å². The molecule has 0 radical (unpaired) electrons. The Morgan fingerprint density at radius 1 is 1.25 bits per heavy atom. The minimum atomic E-state index is -0.639. The molecule has 5 nitrogen and oxygen atoms in total. The first-order valence-corrected chi connectivity index (χ1v) is 8.99. The third kappa shape index (κ3) is 3.39. The van der Waals surface area contributed by atoms with E-state index >= 15 is 0 Å². The van der Waals surface area contributed by atoms with Crippen LogP contribution in [0, 0.1) is 31.0 Å². The molecular weight excluding hydrogens is 355 g/mol. The zero-order valence-corrected chi connectivity index (χ0v) is 16.3. The van der Waals surface area contributed by atoms with Gasteiger partial charge in [0.25, 0.3) is 0 Å². The van der Waals surface area contributed by atoms with Crippen molar-refractivity contribution >= 4 is 11.9 Å². The van der Waals surface area contributed by atoms with E-state index in [2.05, 4.69) is 5.10 Å². The Labute approximate surface area is 163 Å². The van der Waals surface area contributed by atoms with Gasteiger partial charge in [0.05, 0.1) is 11.8 Å². The Bertz CT molecular complexity index is 1110. The summed E-state index contributed by atoms with van der Waals surface area (Å²) in [7, 11) is 0. The quantitative estimate of drug-likeness (QED) is 0.365. The number of Topliss-reactive ketones (excluding diaryl/α,β-unsaturated/α-hetero) is 1. The number of ketones is 1. The third-order valence-corrected chi connectivity index (χ3v) is 4.62. The lowest BCUT2D eigenvalue weighted by molar-refractivity contribution is 0.103. The van der Waals surface area contributed by atoms with Gasteiger partial charge < -0.3 is 4.57 Å². The number of carbonyl (C=O) groups excluding carboxylic acids is 1. The minimum Gasteiger partial charge on any atom is -0.303 e. The molecule has 0 N–H and O–H groups in total. The monoisotopic (exact) mass is 376 g/mol. The van der Waals surface area contributed by atoms with Crippen molar-refractivity contribution < 1.29 is 9.18 Å². The molecular formula is C22H21FN4O. The van der Waals surface area contributed by atoms with Crippen molar-refractivity contribution in [1.29, 1.82) is 5.26 Å². The van der Waals surface area contributed by atoms with Gasteiger partial charge >= 0.3 is 0 Å². The highest BCUT2D eigenvalue weighted by Gasteiger charge is 2.19. The van der Waals surface area contributed by atoms with Gasteiger partial charge in [0.2, 0.25) is 5.78 Å². The van der Waals surface area contributed by atoms with E-state index in [1.165, 1.54) is 24.3 Å². The number of nitriles is 1. The van der Waals surface area contributed by atoms with Gasteiger partial charge in [-0.15, -0.1) is 0 Å². The minimum absolute atomic E-state index is 0.109. The predicted molar refractivity (Wildman–Crippen MR) is 106 cm³/mol. The van der Waals surface area contributed by atoms with E-state index in [-0.39, 0.29) is 17.2 Å². The van der Waals surface area contributed by atoms with Crippen LogP contribution in [0.15, 0.2) is 48.2 Å². The number of allylic oxidation sites excluding steroid dienone is 1. The lowest BCUT2D eigenvalue weighted by Gasteiger charge is -2.15. The summed E-state index contributed by atoms with van der Waals surface area (Å²) < 4.78 is 17.9. The summed E-state index contributed by atoms with van der Waals surface area (Å²) in [4.78, 5) is 12.6. The van der Waals surface area contributed by atoms with Crippen LogP contribution in [0.1, 0.15) is 47.2 Å². The number of aryl methyl sites for hydroxylation is 1. The van der Waals surface area contributed by atoms with Crippen molar-refractivity contribution in [3.05, 3.63) is 76.5 Å². The lowest BCUT2D eigenvalue weighted by Crippen LogP contribution is -2.11. The Morgan fingerprint density at radius 3 is 2.61 bits per heavy atom. The molecule has 2 aromatic heterocycles. The van der Waals surface area contributed by atoms with E-state index in [0.717, 1.165) is 22.8 Å². The first-order valence-electron chi connectivity index (χ1n) is 8.99. The number of hydrogen-bond donors (Lipinski definition) is 0. The van der Waals surface area contributed by atoms with Gasteiger partial charge in [0, 0.05) is 23.5 Å². The van der Waals surface area contributed by atoms with Gasteiger partial charge in [-0.25, -0.2) is 9.07 Å². The number of aromatic nitrogens is 3. The SMILES string of the molecule is Cc1cc(/C=C(\C#N)C(=O)c2ccccc2F)c(C)n1-c1ccnn1C(C)C. The molecule has 0 aliphatic rings. The average Bonchev–Trinajstić information content (AvgIpc) is 3.24. The highest BCUT2D eigenvalue weighted by atomic mass is 19.1. The lowest BCUT2D eigenvalue weighted by atomic mass is 10.0. The number of halogens is 1. The van der Waals surface area contributed by atoms with E-state index in [1.54, 1.807) is 12.3 Å². The standard InChI is InChI=1S/C22H21FN4O/c1-14(2)27-21(9-10-25-27)26-15(3)11-17(16(26)4)12-18(13-24)22(28)19-7-5-6-8-20(19)23/h5-12,14H,1-4H3/b18-12+. The molecule has 28 heavy (non-hydrogen) atoms. The zero-order valence-electron chi connectivity index (χ0n) is 16.3. The Kier molecular flexibility index (Phi) is 5.27. The fourth-order valence-corrected chi connectivity index (χ4v) is 3.26. The maximum atomic E-state index is 14.0. The van der Waals surface area contributed by atoms with Crippen LogP contribution in [-0.2, 0) is 0 Å². The zero-order chi connectivity index (χ0) is 20.4. The second-order valence-corrected chi connectivity index (χ2v) is 6.87. The molecule has 3 rings (SSSR count). The Morgan fingerprint density at radius 2 is 1.96 bits per heavy atom. The summed E-state index contributed by atoms with van der Waals surface area (Å²) in [5.74, 6) is -0.360. The number of nitrogens with zero attached hydrogens (tertiary/aromatic N) is 4. The van der Waals surface area contributed by atoms with E-state index in [0.29, 0.717) is 0 Å². The number of benzene rings is 1. The number of carbonyl (C=O) groups is 1. The van der Waals surface area contributed by atoms with Crippen molar-refractivity contribution in [2.75, 3.05) is 0 Å². The van der Waals surface area contributed by atoms with Gasteiger partial charge in [-0.1, -0.05) is 12.1 Å². The van der Waals surface area contributed by atoms with Gasteiger partial charge in [-0.05, 0) is 57.5 Å². The molecule has 0 aliphatic carbocycles. The summed E-state index contributed by atoms with van der Waals surface area (Å²) >= 11 is 0. The van der Waals surface area contributed by atoms with Crippen LogP contribution < -0.4 is 0 Å². The fraction of sp³-hybridized carbons (Fsp3) is 0.227. The van der Waals surface area contributed by atoms with Crippen LogP contribution in [-0.4, -0.2) is 20.1 Å². The molecule has 3 aromatic rings. The van der Waals surface area contributed by atoms with E-state index in [4.69, 9.17) is 0 Å². The topological polar surface area (TPSA) is 63.6 Å². The first-order chi connectivity index (χ1) is 13.3. The van der Waals surface area contributed by atoms with E-state index in [1.807, 2.05) is 55.1 Å². The second kappa shape index (κ2) is 7.65. The average molecular weight is 376 g/mol. The first kappa shape index (κ1) is 19.3. The summed E-state index contributed by atoms with van der Waals surface area (Å²) in [6.45, 7) is 7.96. The number of rotatable bonds is 5. The van der Waals surface area contributed by atoms with Crippen LogP contribution in [0.25, 0.3) is 11.9 Å². The normalized spacial score (nSPS) is 11.7. The van der Waals surface area contributed by atoms with Crippen LogP contribution >= 0.6 is 0 Å². The summed E-state index contributed by atoms with van der Waals surface area (Å²) in [5, 5.41) is 13.9. The van der Waals surface area contributed by atoms with E-state index < -0.39 is 11.6 Å². The third-order valence-electron chi connectivity index (χ3n) is 4.62. The Hall–Kier alpha value is -3.46. The van der Waals surface area contributed by atoms with Crippen LogP contribution in [0.5, 0.6) is 0 Å². The summed E-state index contributed by atoms with van der Waals surface area (Å²) in [5.41, 5.74) is 2.33. The predicted octanol–water partition coefficient (Wildman–Crippen LogP) is 4.80. The molecule has 0 aliphatic heterocycles. The maximum absolute atomic E-state index is 14.0. The largest absolute Gasteiger partial charge is 0.303 e. The fourth-order valence-electron chi connectivity index (χ4n) is 3.26. The van der Waals surface area contributed by atoms with Crippen LogP contribution in [0.3, 0.4) is 0 Å². The van der Waals surface area contributed by atoms with Crippen molar-refractivity contribution in [3.63, 3.8) is 0 Å². The Balaban J connectivity index is 2.07. The molecule has 0 spiro atoms. The molecule has 0 unspecified atom stereocenters. The highest BCUT2D eigenvalue weighted by Crippen LogP contribution is 2.25. The number of hydrogen-bond acceptors (Lipinski definition) is 3. The molecule has 1 aromatic carbocycles. The smallest absolute Gasteiger partial charge is 0.206 e. The maximum Gasteiger partial charge on any atom is 0.206 e. The van der Waals surface area contributed by atoms with Gasteiger partial charge in [-0.2, -0.15) is 10.4 Å². The van der Waals surface area contributed by atoms with Crippen LogP contribution in [0.4, 0.5) is 4.39 Å². The molecule has 6 heteroatoms. The molecule has 0 amide bonds. The van der Waals surface area contributed by atoms with Gasteiger partial charge in [0.15, 0.2) is 0 Å². The molecule has 0 saturated heterocycles. The molecule has 0 saturated carbocycles. The molecule has 0 bridgehead atoms. The van der Waals surface area contributed by atoms with Crippen LogP contribution in [0.2, 0.25) is 0 Å². The highest BCUT2D eigenvalue weighted by molar-refractivity contribution is 6.14. The van der Waals surface area contributed by atoms with Crippen molar-refractivity contribution in [1.82, 2.24) is 14.3 Å². The summed E-state index contributed by atoms with van der Waals surface area (Å²) in [6, 6.07) is 11.6.